The van der Waals surface area contributed by atoms with Gasteiger partial charge < -0.3 is 19.9 Å². The fourth-order valence-electron chi connectivity index (χ4n) is 2.61. The molecule has 0 aliphatic carbocycles. The number of hydrogen-bond donors (Lipinski definition) is 1. The summed E-state index contributed by atoms with van der Waals surface area (Å²) < 4.78 is 5.35. The van der Waals surface area contributed by atoms with E-state index in [0.29, 0.717) is 25.9 Å². The van der Waals surface area contributed by atoms with Crippen LogP contribution >= 0.6 is 0 Å². The molecule has 1 aliphatic heterocycles. The van der Waals surface area contributed by atoms with E-state index in [-0.39, 0.29) is 36.4 Å². The van der Waals surface area contributed by atoms with Gasteiger partial charge in [0.25, 0.3) is 0 Å². The lowest BCUT2D eigenvalue weighted by molar-refractivity contribution is -0.139. The molecule has 1 fully saturated rings. The zero-order chi connectivity index (χ0) is 18.5. The van der Waals surface area contributed by atoms with Crippen molar-refractivity contribution in [3.05, 3.63) is 0 Å². The molecule has 1 rings (SSSR count). The Morgan fingerprint density at radius 3 is 2.21 bits per heavy atom. The molecule has 0 aromatic carbocycles. The molecule has 0 unspecified atom stereocenters. The maximum Gasteiger partial charge on any atom is 0.410 e. The average molecular weight is 341 g/mol. The van der Waals surface area contributed by atoms with Gasteiger partial charge in [0.2, 0.25) is 11.8 Å². The molecule has 0 spiro atoms. The third-order valence-electron chi connectivity index (χ3n) is 3.70. The highest BCUT2D eigenvalue weighted by Crippen LogP contribution is 2.21. The molecule has 138 valence electrons. The van der Waals surface area contributed by atoms with Crippen molar-refractivity contribution in [1.29, 1.82) is 0 Å². The summed E-state index contributed by atoms with van der Waals surface area (Å²) >= 11 is 0. The van der Waals surface area contributed by atoms with Gasteiger partial charge in [0.05, 0.1) is 6.54 Å². The van der Waals surface area contributed by atoms with Crippen LogP contribution in [0.15, 0.2) is 0 Å². The monoisotopic (exact) mass is 341 g/mol. The van der Waals surface area contributed by atoms with E-state index in [0.717, 1.165) is 0 Å². The molecule has 0 aromatic rings. The zero-order valence-corrected chi connectivity index (χ0v) is 15.7. The zero-order valence-electron chi connectivity index (χ0n) is 15.7. The number of rotatable bonds is 4. The molecule has 0 atom stereocenters. The van der Waals surface area contributed by atoms with E-state index in [1.807, 2.05) is 34.6 Å². The maximum absolute atomic E-state index is 12.4. The highest BCUT2D eigenvalue weighted by Gasteiger charge is 2.31. The van der Waals surface area contributed by atoms with Crippen LogP contribution in [0.1, 0.15) is 47.5 Å². The van der Waals surface area contributed by atoms with E-state index in [1.165, 1.54) is 4.90 Å². The van der Waals surface area contributed by atoms with Crippen LogP contribution in [-0.4, -0.2) is 66.0 Å². The minimum Gasteiger partial charge on any atom is -0.444 e. The van der Waals surface area contributed by atoms with E-state index in [2.05, 4.69) is 5.32 Å². The van der Waals surface area contributed by atoms with Gasteiger partial charge in [-0.05, 0) is 47.5 Å². The molecule has 24 heavy (non-hydrogen) atoms. The molecule has 1 heterocycles. The van der Waals surface area contributed by atoms with Crippen LogP contribution in [-0.2, 0) is 14.3 Å². The predicted molar refractivity (Wildman–Crippen MR) is 91.4 cm³/mol. The molecule has 1 N–H and O–H groups in total. The van der Waals surface area contributed by atoms with Gasteiger partial charge in [0.1, 0.15) is 5.60 Å². The van der Waals surface area contributed by atoms with Crippen molar-refractivity contribution in [2.45, 2.75) is 59.1 Å². The fraction of sp³-hybridized carbons (Fsp3) is 0.824. The number of hydrogen-bond acceptors (Lipinski definition) is 4. The van der Waals surface area contributed by atoms with Gasteiger partial charge in [-0.25, -0.2) is 4.79 Å². The largest absolute Gasteiger partial charge is 0.444 e. The Morgan fingerprint density at radius 1 is 1.21 bits per heavy atom. The molecule has 0 bridgehead atoms. The van der Waals surface area contributed by atoms with Gasteiger partial charge in [-0.15, -0.1) is 0 Å². The molecule has 7 heteroatoms. The van der Waals surface area contributed by atoms with Crippen LogP contribution in [0.2, 0.25) is 0 Å². The summed E-state index contributed by atoms with van der Waals surface area (Å²) in [6, 6.07) is 0.0538. The first kappa shape index (κ1) is 20.3. The molecule has 0 saturated carbocycles. The van der Waals surface area contributed by atoms with Crippen molar-refractivity contribution in [1.82, 2.24) is 15.1 Å². The first-order valence-corrected chi connectivity index (χ1v) is 8.52. The van der Waals surface area contributed by atoms with Crippen LogP contribution in [0.4, 0.5) is 4.79 Å². The highest BCUT2D eigenvalue weighted by molar-refractivity contribution is 5.86. The van der Waals surface area contributed by atoms with E-state index >= 15 is 0 Å². The summed E-state index contributed by atoms with van der Waals surface area (Å²) in [5.74, 6) is -0.356. The van der Waals surface area contributed by atoms with Crippen LogP contribution in [0.3, 0.4) is 0 Å². The fourth-order valence-corrected chi connectivity index (χ4v) is 2.61. The quantitative estimate of drug-likeness (QED) is 0.843. The Morgan fingerprint density at radius 2 is 1.75 bits per heavy atom. The summed E-state index contributed by atoms with van der Waals surface area (Å²) in [5, 5.41) is 2.77. The number of nitrogens with one attached hydrogen (secondary N) is 1. The second-order valence-corrected chi connectivity index (χ2v) is 7.66. The molecule has 7 nitrogen and oxygen atoms in total. The van der Waals surface area contributed by atoms with Gasteiger partial charge in [-0.3, -0.25) is 9.59 Å². The second-order valence-electron chi connectivity index (χ2n) is 7.66. The van der Waals surface area contributed by atoms with Crippen molar-refractivity contribution < 1.29 is 19.1 Å². The summed E-state index contributed by atoms with van der Waals surface area (Å²) in [5.41, 5.74) is -0.520. The van der Waals surface area contributed by atoms with Crippen molar-refractivity contribution in [3.8, 4) is 0 Å². The Bertz CT molecular complexity index is 463. The van der Waals surface area contributed by atoms with Crippen LogP contribution in [0.25, 0.3) is 0 Å². The van der Waals surface area contributed by atoms with Crippen LogP contribution < -0.4 is 5.32 Å². The minimum atomic E-state index is -0.520. The van der Waals surface area contributed by atoms with E-state index < -0.39 is 5.60 Å². The Kier molecular flexibility index (Phi) is 7.05. The Hall–Kier alpha value is -1.79. The van der Waals surface area contributed by atoms with Gasteiger partial charge in [0.15, 0.2) is 0 Å². The molecule has 1 saturated heterocycles. The van der Waals surface area contributed by atoms with Crippen LogP contribution in [0, 0.1) is 5.92 Å². The number of likely N-dealkylation sites (N-methyl/N-ethyl adjacent to an activating group) is 1. The van der Waals surface area contributed by atoms with Gasteiger partial charge >= 0.3 is 6.09 Å². The summed E-state index contributed by atoms with van der Waals surface area (Å²) in [6.45, 7) is 10.3. The van der Waals surface area contributed by atoms with Crippen LogP contribution in [0.5, 0.6) is 0 Å². The first-order chi connectivity index (χ1) is 11.0. The molecular formula is C17H31N3O4. The Labute approximate surface area is 144 Å². The SMILES string of the molecule is CC(C)NC(=O)CN(C)C(=O)C1CCN(C(=O)OC(C)(C)C)CC1. The summed E-state index contributed by atoms with van der Waals surface area (Å²) in [4.78, 5) is 39.3. The molecule has 3 amide bonds. The number of likely N-dealkylation sites (tertiary alicyclic amines) is 1. The third kappa shape index (κ3) is 6.76. The van der Waals surface area contributed by atoms with Crippen molar-refractivity contribution in [2.24, 2.45) is 5.92 Å². The van der Waals surface area contributed by atoms with Gasteiger partial charge in [-0.1, -0.05) is 0 Å². The number of nitrogens with zero attached hydrogens (tertiary/aromatic N) is 2. The molecule has 0 aromatic heterocycles. The molecular weight excluding hydrogens is 310 g/mol. The van der Waals surface area contributed by atoms with Gasteiger partial charge in [0, 0.05) is 32.1 Å². The lowest BCUT2D eigenvalue weighted by Crippen LogP contribution is -2.47. The topological polar surface area (TPSA) is 79.0 Å². The standard InChI is InChI=1S/C17H31N3O4/c1-12(2)18-14(21)11-19(6)15(22)13-7-9-20(10-8-13)16(23)24-17(3,4)5/h12-13H,7-11H2,1-6H3,(H,18,21). The van der Waals surface area contributed by atoms with E-state index in [1.54, 1.807) is 11.9 Å². The lowest BCUT2D eigenvalue weighted by atomic mass is 9.95. The maximum atomic E-state index is 12.4. The highest BCUT2D eigenvalue weighted by atomic mass is 16.6. The smallest absolute Gasteiger partial charge is 0.410 e. The Balaban J connectivity index is 2.45. The molecule has 1 aliphatic rings. The number of ether oxygens (including phenoxy) is 1. The van der Waals surface area contributed by atoms with Crippen molar-refractivity contribution >= 4 is 17.9 Å². The normalized spacial score (nSPS) is 16.0. The second kappa shape index (κ2) is 8.35. The van der Waals surface area contributed by atoms with Gasteiger partial charge in [-0.2, -0.15) is 0 Å². The number of amides is 3. The minimum absolute atomic E-state index is 0.0438. The predicted octanol–water partition coefficient (Wildman–Crippen LogP) is 1.62. The van der Waals surface area contributed by atoms with E-state index in [4.69, 9.17) is 4.74 Å². The summed E-state index contributed by atoms with van der Waals surface area (Å²) in [7, 11) is 1.64. The molecule has 0 radical (unpaired) electrons. The van der Waals surface area contributed by atoms with Crippen molar-refractivity contribution in [3.63, 3.8) is 0 Å². The lowest BCUT2D eigenvalue weighted by Gasteiger charge is -2.34. The summed E-state index contributed by atoms with van der Waals surface area (Å²) in [6.07, 6.45) is 0.848. The number of carbonyl (C=O) groups excluding carboxylic acids is 3. The van der Waals surface area contributed by atoms with Crippen molar-refractivity contribution in [2.75, 3.05) is 26.7 Å². The average Bonchev–Trinajstić information content (AvgIpc) is 2.43. The third-order valence-corrected chi connectivity index (χ3v) is 3.70. The first-order valence-electron chi connectivity index (χ1n) is 8.52. The number of piperidine rings is 1. The number of carbonyl (C=O) groups is 3. The van der Waals surface area contributed by atoms with E-state index in [9.17, 15) is 14.4 Å².